The van der Waals surface area contributed by atoms with Gasteiger partial charge in [-0.15, -0.1) is 0 Å². The van der Waals surface area contributed by atoms with E-state index in [2.05, 4.69) is 10.2 Å². The number of benzene rings is 2. The molecule has 0 bridgehead atoms. The summed E-state index contributed by atoms with van der Waals surface area (Å²) in [5.41, 5.74) is 2.92. The van der Waals surface area contributed by atoms with Crippen LogP contribution >= 0.6 is 0 Å². The third-order valence-corrected chi connectivity index (χ3v) is 6.04. The molecule has 0 radical (unpaired) electrons. The molecule has 2 aliphatic rings. The number of carbonyl (C=O) groups excluding carboxylic acids is 3. The first-order chi connectivity index (χ1) is 16.4. The number of Topliss-reactive ketones (excluding diaryl/α,β-unsaturated/α-hetero) is 1. The van der Waals surface area contributed by atoms with Crippen molar-refractivity contribution in [2.75, 3.05) is 50.8 Å². The molecule has 2 heterocycles. The van der Waals surface area contributed by atoms with Gasteiger partial charge in [0.25, 0.3) is 5.91 Å². The van der Waals surface area contributed by atoms with Gasteiger partial charge in [0.1, 0.15) is 18.0 Å². The van der Waals surface area contributed by atoms with Crippen LogP contribution in [0.25, 0.3) is 0 Å². The van der Waals surface area contributed by atoms with Crippen molar-refractivity contribution in [3.05, 3.63) is 53.1 Å². The van der Waals surface area contributed by atoms with Crippen LogP contribution in [0.5, 0.6) is 11.5 Å². The average Bonchev–Trinajstić information content (AvgIpc) is 3.32. The van der Waals surface area contributed by atoms with E-state index in [-0.39, 0.29) is 37.4 Å². The van der Waals surface area contributed by atoms with Gasteiger partial charge in [0.15, 0.2) is 19.0 Å². The molecule has 8 nitrogen and oxygen atoms in total. The summed E-state index contributed by atoms with van der Waals surface area (Å²) in [6.45, 7) is 7.02. The van der Waals surface area contributed by atoms with Crippen molar-refractivity contribution >= 4 is 23.3 Å². The molecule has 4 rings (SSSR count). The second-order valence-corrected chi connectivity index (χ2v) is 8.89. The highest BCUT2D eigenvalue weighted by Crippen LogP contribution is 2.33. The highest BCUT2D eigenvalue weighted by Gasteiger charge is 2.28. The summed E-state index contributed by atoms with van der Waals surface area (Å²) in [6.07, 6.45) is 2.40. The normalized spacial score (nSPS) is 15.6. The zero-order chi connectivity index (χ0) is 24.1. The van der Waals surface area contributed by atoms with Gasteiger partial charge in [-0.3, -0.25) is 19.3 Å². The minimum absolute atomic E-state index is 0.119. The van der Waals surface area contributed by atoms with E-state index in [1.54, 1.807) is 18.2 Å². The van der Waals surface area contributed by atoms with Crippen molar-refractivity contribution < 1.29 is 23.9 Å². The van der Waals surface area contributed by atoms with Crippen LogP contribution in [-0.4, -0.2) is 68.4 Å². The Balaban J connectivity index is 1.39. The summed E-state index contributed by atoms with van der Waals surface area (Å²) in [6, 6.07) is 10.7. The molecule has 2 aliphatic heterocycles. The number of rotatable bonds is 9. The van der Waals surface area contributed by atoms with Gasteiger partial charge in [-0.05, 0) is 81.2 Å². The molecule has 2 amide bonds. The topological polar surface area (TPSA) is 88.2 Å². The lowest BCUT2D eigenvalue weighted by Crippen LogP contribution is -2.46. The van der Waals surface area contributed by atoms with Crippen molar-refractivity contribution in [3.63, 3.8) is 0 Å². The van der Waals surface area contributed by atoms with Gasteiger partial charge in [-0.2, -0.15) is 0 Å². The number of amides is 2. The lowest BCUT2D eigenvalue weighted by atomic mass is 10.1. The Morgan fingerprint density at radius 2 is 1.79 bits per heavy atom. The Morgan fingerprint density at radius 3 is 2.53 bits per heavy atom. The smallest absolute Gasteiger partial charge is 0.265 e. The van der Waals surface area contributed by atoms with Gasteiger partial charge in [-0.1, -0.05) is 6.07 Å². The van der Waals surface area contributed by atoms with Crippen LogP contribution in [0, 0.1) is 13.8 Å². The molecule has 2 aromatic carbocycles. The highest BCUT2D eigenvalue weighted by atomic mass is 16.5. The Kier molecular flexibility index (Phi) is 7.47. The van der Waals surface area contributed by atoms with Gasteiger partial charge in [0.05, 0.1) is 5.69 Å². The number of ketones is 1. The fourth-order valence-corrected chi connectivity index (χ4v) is 4.36. The summed E-state index contributed by atoms with van der Waals surface area (Å²) in [5, 5.41) is 2.89. The van der Waals surface area contributed by atoms with Crippen molar-refractivity contribution in [3.8, 4) is 11.5 Å². The number of likely N-dealkylation sites (tertiary alicyclic amines) is 1. The quantitative estimate of drug-likeness (QED) is 0.573. The molecule has 1 fully saturated rings. The van der Waals surface area contributed by atoms with Crippen molar-refractivity contribution in [1.29, 1.82) is 0 Å². The molecule has 34 heavy (non-hydrogen) atoms. The molecular formula is C26H31N3O5. The number of fused-ring (bicyclic) bond motifs is 1. The van der Waals surface area contributed by atoms with E-state index in [9.17, 15) is 14.4 Å². The minimum Gasteiger partial charge on any atom is -0.485 e. The number of ether oxygens (including phenoxy) is 2. The van der Waals surface area contributed by atoms with E-state index in [0.717, 1.165) is 30.8 Å². The van der Waals surface area contributed by atoms with E-state index >= 15 is 0 Å². The van der Waals surface area contributed by atoms with E-state index in [1.165, 1.54) is 17.7 Å². The second-order valence-electron chi connectivity index (χ2n) is 8.89. The summed E-state index contributed by atoms with van der Waals surface area (Å²) in [4.78, 5) is 41.5. The zero-order valence-corrected chi connectivity index (χ0v) is 19.8. The SMILES string of the molecule is Cc1cc(C)cc(OCC(=O)c2ccc3c(c2)N(CC(=O)NCCN2CCCC2)C(=O)CO3)c1. The van der Waals surface area contributed by atoms with Crippen LogP contribution in [0.2, 0.25) is 0 Å². The molecular weight excluding hydrogens is 434 g/mol. The molecule has 1 N–H and O–H groups in total. The average molecular weight is 466 g/mol. The van der Waals surface area contributed by atoms with Crippen molar-refractivity contribution in [2.45, 2.75) is 26.7 Å². The van der Waals surface area contributed by atoms with Gasteiger partial charge < -0.3 is 19.7 Å². The van der Waals surface area contributed by atoms with E-state index in [0.29, 0.717) is 29.3 Å². The van der Waals surface area contributed by atoms with E-state index < -0.39 is 0 Å². The number of nitrogens with zero attached hydrogens (tertiary/aromatic N) is 2. The van der Waals surface area contributed by atoms with Crippen molar-refractivity contribution in [2.24, 2.45) is 0 Å². The fourth-order valence-electron chi connectivity index (χ4n) is 4.36. The molecule has 0 aromatic heterocycles. The van der Waals surface area contributed by atoms with E-state index in [4.69, 9.17) is 9.47 Å². The zero-order valence-electron chi connectivity index (χ0n) is 19.8. The maximum atomic E-state index is 12.8. The first kappa shape index (κ1) is 23.8. The third kappa shape index (κ3) is 5.94. The van der Waals surface area contributed by atoms with Crippen LogP contribution in [0.15, 0.2) is 36.4 Å². The maximum absolute atomic E-state index is 12.8. The molecule has 0 aliphatic carbocycles. The third-order valence-electron chi connectivity index (χ3n) is 6.04. The van der Waals surface area contributed by atoms with Gasteiger partial charge in [0, 0.05) is 18.7 Å². The molecule has 2 aromatic rings. The number of hydrogen-bond acceptors (Lipinski definition) is 6. The summed E-state index contributed by atoms with van der Waals surface area (Å²) in [7, 11) is 0. The van der Waals surface area contributed by atoms with Crippen LogP contribution in [-0.2, 0) is 9.59 Å². The number of hydrogen-bond donors (Lipinski definition) is 1. The van der Waals surface area contributed by atoms with Crippen molar-refractivity contribution in [1.82, 2.24) is 10.2 Å². The predicted molar refractivity (Wildman–Crippen MR) is 129 cm³/mol. The fraction of sp³-hybridized carbons (Fsp3) is 0.423. The Hall–Kier alpha value is -3.39. The second kappa shape index (κ2) is 10.7. The predicted octanol–water partition coefficient (Wildman–Crippen LogP) is 2.50. The summed E-state index contributed by atoms with van der Waals surface area (Å²) < 4.78 is 11.2. The lowest BCUT2D eigenvalue weighted by molar-refractivity contribution is -0.125. The van der Waals surface area contributed by atoms with Crippen LogP contribution in [0.3, 0.4) is 0 Å². The molecule has 0 atom stereocenters. The number of carbonyl (C=O) groups is 3. The van der Waals surface area contributed by atoms with Gasteiger partial charge in [-0.25, -0.2) is 0 Å². The van der Waals surface area contributed by atoms with Gasteiger partial charge in [0.2, 0.25) is 5.91 Å². The summed E-state index contributed by atoms with van der Waals surface area (Å²) >= 11 is 0. The lowest BCUT2D eigenvalue weighted by Gasteiger charge is -2.29. The molecule has 0 saturated carbocycles. The monoisotopic (exact) mass is 465 g/mol. The largest absolute Gasteiger partial charge is 0.485 e. The Labute approximate surface area is 199 Å². The molecule has 8 heteroatoms. The van der Waals surface area contributed by atoms with E-state index in [1.807, 2.05) is 32.0 Å². The number of anilines is 1. The number of aryl methyl sites for hydroxylation is 2. The maximum Gasteiger partial charge on any atom is 0.265 e. The molecule has 0 unspecified atom stereocenters. The molecule has 1 saturated heterocycles. The van der Waals surface area contributed by atoms with Crippen LogP contribution < -0.4 is 19.7 Å². The number of nitrogens with one attached hydrogen (secondary N) is 1. The minimum atomic E-state index is -0.321. The molecule has 0 spiro atoms. The molecule has 180 valence electrons. The van der Waals surface area contributed by atoms with Gasteiger partial charge >= 0.3 is 0 Å². The standard InChI is InChI=1S/C26H31N3O5/c1-18-11-19(2)13-21(12-18)33-16-23(30)20-5-6-24-22(14-20)29(26(32)17-34-24)15-25(31)27-7-10-28-8-3-4-9-28/h5-6,11-14H,3-4,7-10,15-17H2,1-2H3,(H,27,31). The first-order valence-corrected chi connectivity index (χ1v) is 11.7. The van der Waals surface area contributed by atoms with Crippen LogP contribution in [0.4, 0.5) is 5.69 Å². The first-order valence-electron chi connectivity index (χ1n) is 11.7. The summed E-state index contributed by atoms with van der Waals surface area (Å²) in [5.74, 6) is 0.314. The Morgan fingerprint density at radius 1 is 1.06 bits per heavy atom. The van der Waals surface area contributed by atoms with Crippen LogP contribution in [0.1, 0.15) is 34.3 Å². The Bertz CT molecular complexity index is 1060. The highest BCUT2D eigenvalue weighted by molar-refractivity contribution is 6.04.